The highest BCUT2D eigenvalue weighted by atomic mass is 19.4. The molecular formula is C41H49F3N8O6. The van der Waals surface area contributed by atoms with Crippen LogP contribution in [-0.2, 0) is 20.5 Å². The van der Waals surface area contributed by atoms with Gasteiger partial charge in [-0.3, -0.25) is 14.5 Å². The van der Waals surface area contributed by atoms with Gasteiger partial charge in [0.2, 0.25) is 11.8 Å². The molecule has 2 aromatic heterocycles. The number of aromatic nitrogens is 4. The van der Waals surface area contributed by atoms with Gasteiger partial charge < -0.3 is 34.9 Å². The Morgan fingerprint density at radius 2 is 1.36 bits per heavy atom. The van der Waals surface area contributed by atoms with Crippen LogP contribution in [0.4, 0.5) is 22.8 Å². The van der Waals surface area contributed by atoms with Gasteiger partial charge in [-0.1, -0.05) is 76.2 Å². The van der Waals surface area contributed by atoms with Crippen LogP contribution in [0.25, 0.3) is 33.6 Å². The average molecular weight is 807 g/mol. The van der Waals surface area contributed by atoms with Crippen LogP contribution in [0, 0.1) is 11.8 Å². The van der Waals surface area contributed by atoms with Gasteiger partial charge in [0.15, 0.2) is 0 Å². The van der Waals surface area contributed by atoms with Crippen molar-refractivity contribution >= 4 is 24.0 Å². The molecule has 4 N–H and O–H groups in total. The summed E-state index contributed by atoms with van der Waals surface area (Å²) in [6.45, 7) is 7.96. The molecule has 4 atom stereocenters. The van der Waals surface area contributed by atoms with Crippen LogP contribution >= 0.6 is 0 Å². The van der Waals surface area contributed by atoms with Gasteiger partial charge in [-0.05, 0) is 54.2 Å². The topological polar surface area (TPSA) is 177 Å². The number of nitrogens with one attached hydrogen (secondary N) is 3. The van der Waals surface area contributed by atoms with E-state index in [-0.39, 0.29) is 47.4 Å². The molecule has 2 saturated heterocycles. The minimum Gasteiger partial charge on any atom is -0.465 e. The number of carboxylic acid groups (broad SMARTS) is 1. The summed E-state index contributed by atoms with van der Waals surface area (Å²) in [4.78, 5) is 69.8. The number of ether oxygens (including phenoxy) is 1. The van der Waals surface area contributed by atoms with Gasteiger partial charge in [0.05, 0.1) is 31.1 Å². The third-order valence-corrected chi connectivity index (χ3v) is 11.0. The minimum absolute atomic E-state index is 0.00199. The first-order chi connectivity index (χ1) is 27.5. The summed E-state index contributed by atoms with van der Waals surface area (Å²) in [5, 5.41) is 12.2. The van der Waals surface area contributed by atoms with Crippen LogP contribution in [-0.4, -0.2) is 103 Å². The van der Waals surface area contributed by atoms with Crippen LogP contribution in [0.1, 0.15) is 82.8 Å². The molecule has 1 unspecified atom stereocenters. The number of carbonyl (C=O) groups excluding carboxylic acids is 3. The number of likely N-dealkylation sites (tertiary alicyclic amines) is 2. The van der Waals surface area contributed by atoms with Gasteiger partial charge in [0.1, 0.15) is 35.1 Å². The molecule has 6 rings (SSSR count). The third kappa shape index (κ3) is 8.53. The standard InChI is InChI=1S/C41H49F3N8O6/c1-22(2)31(48-39(55)58-6)37(53)51-19-7-9-29(51)35-45-21-28(46-35)26-15-11-24(12-16-26)25-13-17-27(18-14-25)32-34(41(42,43)44)49-36(47-32)30-10-8-20-52(30)38(54)33(23(3)4)50(5)40(56)57/h11-18,21-23,29-31,33H,7-10,19-20H2,1-6H3,(H,45,46)(H,47,49)(H,48,55)(H,56,57)/t29?,30-,31-,33-/m0/s1. The van der Waals surface area contributed by atoms with Crippen LogP contribution in [0.15, 0.2) is 54.7 Å². The molecule has 58 heavy (non-hydrogen) atoms. The van der Waals surface area contributed by atoms with Crippen molar-refractivity contribution in [2.24, 2.45) is 11.8 Å². The highest BCUT2D eigenvalue weighted by Crippen LogP contribution is 2.40. The molecule has 310 valence electrons. The number of amides is 4. The molecule has 17 heteroatoms. The van der Waals surface area contributed by atoms with Crippen molar-refractivity contribution in [2.45, 2.75) is 83.7 Å². The summed E-state index contributed by atoms with van der Waals surface area (Å²) in [6.07, 6.45) is -2.59. The maximum Gasteiger partial charge on any atom is 0.433 e. The highest BCUT2D eigenvalue weighted by molar-refractivity contribution is 5.87. The molecule has 4 heterocycles. The van der Waals surface area contributed by atoms with Crippen molar-refractivity contribution in [3.63, 3.8) is 0 Å². The molecule has 0 bridgehead atoms. The minimum atomic E-state index is -4.76. The van der Waals surface area contributed by atoms with E-state index in [1.54, 1.807) is 49.2 Å². The first-order valence-corrected chi connectivity index (χ1v) is 19.3. The number of aromatic amines is 2. The largest absolute Gasteiger partial charge is 0.465 e. The SMILES string of the molecule is COC(=O)N[C@H](C(=O)N1CCCC1c1ncc(-c2ccc(-c3ccc(-c4nc([C@@H]5CCCN5C(=O)[C@H](C(C)C)N(C)C(=O)O)[nH]c4C(F)(F)F)cc3)cc2)[nH]1)C(C)C. The molecule has 0 aliphatic carbocycles. The Labute approximate surface area is 334 Å². The summed E-state index contributed by atoms with van der Waals surface area (Å²) in [7, 11) is 2.56. The number of H-pyrrole nitrogens is 2. The molecule has 2 aliphatic heterocycles. The number of halogens is 3. The van der Waals surface area contributed by atoms with E-state index in [9.17, 15) is 37.5 Å². The number of carbonyl (C=O) groups is 4. The Balaban J connectivity index is 1.18. The Hall–Kier alpha value is -5.87. The van der Waals surface area contributed by atoms with Crippen molar-refractivity contribution < 1.29 is 42.2 Å². The average Bonchev–Trinajstić information content (AvgIpc) is 4.02. The molecule has 0 radical (unpaired) electrons. The number of alkyl carbamates (subject to hydrolysis) is 1. The van der Waals surface area contributed by atoms with E-state index in [1.807, 2.05) is 38.1 Å². The van der Waals surface area contributed by atoms with Crippen molar-refractivity contribution in [3.8, 4) is 33.6 Å². The number of methoxy groups -OCH3 is 1. The van der Waals surface area contributed by atoms with Crippen LogP contribution < -0.4 is 5.32 Å². The molecule has 4 amide bonds. The molecule has 2 aromatic carbocycles. The number of likely N-dealkylation sites (N-methyl/N-ethyl adjacent to an activating group) is 1. The van der Waals surface area contributed by atoms with Gasteiger partial charge in [-0.25, -0.2) is 19.6 Å². The maximum absolute atomic E-state index is 14.4. The van der Waals surface area contributed by atoms with Crippen molar-refractivity contribution in [1.82, 2.24) is 40.0 Å². The molecule has 14 nitrogen and oxygen atoms in total. The van der Waals surface area contributed by atoms with Gasteiger partial charge in [-0.2, -0.15) is 13.2 Å². The Morgan fingerprint density at radius 1 is 0.828 bits per heavy atom. The molecule has 2 fully saturated rings. The fourth-order valence-corrected chi connectivity index (χ4v) is 7.97. The quantitative estimate of drug-likeness (QED) is 0.121. The zero-order valence-electron chi connectivity index (χ0n) is 33.3. The highest BCUT2D eigenvalue weighted by Gasteiger charge is 2.43. The van der Waals surface area contributed by atoms with E-state index in [0.29, 0.717) is 31.6 Å². The second-order valence-corrected chi connectivity index (χ2v) is 15.5. The van der Waals surface area contributed by atoms with Gasteiger partial charge >= 0.3 is 18.4 Å². The van der Waals surface area contributed by atoms with Crippen molar-refractivity contribution in [1.29, 1.82) is 0 Å². The molecule has 0 spiro atoms. The van der Waals surface area contributed by atoms with Crippen molar-refractivity contribution in [3.05, 3.63) is 72.1 Å². The third-order valence-electron chi connectivity index (χ3n) is 11.0. The smallest absolute Gasteiger partial charge is 0.433 e. The molecule has 2 aliphatic rings. The maximum atomic E-state index is 14.4. The van der Waals surface area contributed by atoms with E-state index >= 15 is 0 Å². The fourth-order valence-electron chi connectivity index (χ4n) is 7.97. The molecule has 0 saturated carbocycles. The normalized spacial score (nSPS) is 18.1. The lowest BCUT2D eigenvalue weighted by molar-refractivity contribution is -0.140. The monoisotopic (exact) mass is 806 g/mol. The number of nitrogens with zero attached hydrogens (tertiary/aromatic N) is 5. The van der Waals surface area contributed by atoms with Gasteiger partial charge in [0, 0.05) is 25.7 Å². The fraction of sp³-hybridized carbons (Fsp3) is 0.463. The summed E-state index contributed by atoms with van der Waals surface area (Å²) in [6, 6.07) is 11.4. The zero-order chi connectivity index (χ0) is 42.1. The predicted molar refractivity (Wildman–Crippen MR) is 208 cm³/mol. The Bertz CT molecular complexity index is 2110. The number of alkyl halides is 3. The first kappa shape index (κ1) is 41.8. The molecule has 4 aromatic rings. The second-order valence-electron chi connectivity index (χ2n) is 15.5. The van der Waals surface area contributed by atoms with Crippen LogP contribution in [0.2, 0.25) is 0 Å². The van der Waals surface area contributed by atoms with Crippen molar-refractivity contribution in [2.75, 3.05) is 27.2 Å². The number of benzene rings is 2. The van der Waals surface area contributed by atoms with E-state index in [0.717, 1.165) is 33.7 Å². The number of hydrogen-bond acceptors (Lipinski definition) is 7. The predicted octanol–water partition coefficient (Wildman–Crippen LogP) is 7.49. The van der Waals surface area contributed by atoms with Gasteiger partial charge in [0.25, 0.3) is 0 Å². The van der Waals surface area contributed by atoms with Crippen LogP contribution in [0.5, 0.6) is 0 Å². The van der Waals surface area contributed by atoms with E-state index in [1.165, 1.54) is 19.1 Å². The van der Waals surface area contributed by atoms with E-state index in [4.69, 9.17) is 4.74 Å². The molecular weight excluding hydrogens is 757 g/mol. The number of rotatable bonds is 11. The number of imidazole rings is 2. The zero-order valence-corrected chi connectivity index (χ0v) is 33.3. The summed E-state index contributed by atoms with van der Waals surface area (Å²) >= 11 is 0. The van der Waals surface area contributed by atoms with E-state index in [2.05, 4.69) is 25.3 Å². The van der Waals surface area contributed by atoms with Crippen LogP contribution in [0.3, 0.4) is 0 Å². The first-order valence-electron chi connectivity index (χ1n) is 19.3. The lowest BCUT2D eigenvalue weighted by atomic mass is 10.0. The number of hydrogen-bond donors (Lipinski definition) is 4. The summed E-state index contributed by atoms with van der Waals surface area (Å²) in [5.74, 6) is -0.562. The summed E-state index contributed by atoms with van der Waals surface area (Å²) in [5.41, 5.74) is 2.10. The van der Waals surface area contributed by atoms with E-state index < -0.39 is 48.1 Å². The Kier molecular flexibility index (Phi) is 12.2. The lowest BCUT2D eigenvalue weighted by Gasteiger charge is -2.33. The lowest BCUT2D eigenvalue weighted by Crippen LogP contribution is -2.51. The second kappa shape index (κ2) is 16.9. The Morgan fingerprint density at radius 3 is 1.88 bits per heavy atom. The van der Waals surface area contributed by atoms with Gasteiger partial charge in [-0.15, -0.1) is 0 Å². The summed E-state index contributed by atoms with van der Waals surface area (Å²) < 4.78 is 48.0.